The maximum atomic E-state index is 13.8. The van der Waals surface area contributed by atoms with Crippen LogP contribution in [0.5, 0.6) is 5.75 Å². The molecule has 37 heavy (non-hydrogen) atoms. The highest BCUT2D eigenvalue weighted by atomic mass is 32.2. The molecule has 0 bridgehead atoms. The van der Waals surface area contributed by atoms with Gasteiger partial charge in [-0.15, -0.1) is 24.9 Å². The minimum Gasteiger partial charge on any atom is -0.406 e. The summed E-state index contributed by atoms with van der Waals surface area (Å²) in [7, 11) is 0. The molecule has 0 unspecified atom stereocenters. The molecule has 0 radical (unpaired) electrons. The first-order chi connectivity index (χ1) is 17.7. The number of ether oxygens (including phenoxy) is 1. The molecule has 4 aromatic rings. The zero-order valence-corrected chi connectivity index (χ0v) is 20.0. The van der Waals surface area contributed by atoms with Crippen molar-refractivity contribution in [2.75, 3.05) is 17.6 Å². The normalized spacial score (nSPS) is 11.4. The van der Waals surface area contributed by atoms with Crippen LogP contribution in [-0.2, 0) is 11.3 Å². The molecule has 0 fully saturated rings. The third-order valence-electron chi connectivity index (χ3n) is 5.24. The fourth-order valence-electron chi connectivity index (χ4n) is 3.62. The number of thioether (sulfide) groups is 1. The number of amides is 2. The second kappa shape index (κ2) is 11.4. The molecule has 2 N–H and O–H groups in total. The molecule has 0 aliphatic heterocycles. The van der Waals surface area contributed by atoms with Gasteiger partial charge in [0, 0.05) is 40.8 Å². The molecule has 0 saturated heterocycles. The highest BCUT2D eigenvalue weighted by molar-refractivity contribution is 8.00. The van der Waals surface area contributed by atoms with Crippen molar-refractivity contribution in [1.29, 1.82) is 0 Å². The molecule has 3 aromatic carbocycles. The molecule has 0 spiro atoms. The molecule has 6 nitrogen and oxygen atoms in total. The Bertz CT molecular complexity index is 1400. The van der Waals surface area contributed by atoms with E-state index in [1.54, 1.807) is 6.07 Å². The third kappa shape index (κ3) is 7.04. The number of hydrogen-bond donors (Lipinski definition) is 2. The van der Waals surface area contributed by atoms with Crippen LogP contribution in [-0.4, -0.2) is 35.0 Å². The third-order valence-corrected chi connectivity index (χ3v) is 6.28. The summed E-state index contributed by atoms with van der Waals surface area (Å²) in [5.41, 5.74) is 1.23. The maximum absolute atomic E-state index is 13.8. The monoisotopic (exact) mass is 531 g/mol. The zero-order chi connectivity index (χ0) is 26.4. The molecule has 0 atom stereocenters. The van der Waals surface area contributed by atoms with Gasteiger partial charge in [-0.2, -0.15) is 0 Å². The van der Waals surface area contributed by atoms with Crippen LogP contribution in [0, 0.1) is 5.82 Å². The van der Waals surface area contributed by atoms with Gasteiger partial charge in [0.1, 0.15) is 11.6 Å². The van der Waals surface area contributed by atoms with Gasteiger partial charge in [0.25, 0.3) is 5.91 Å². The number of carbonyl (C=O) groups excluding carboxylic acids is 2. The average Bonchev–Trinajstić information content (AvgIpc) is 3.21. The minimum absolute atomic E-state index is 0.0235. The van der Waals surface area contributed by atoms with Gasteiger partial charge in [-0.1, -0.05) is 30.3 Å². The Hall–Kier alpha value is -3.99. The van der Waals surface area contributed by atoms with Gasteiger partial charge in [-0.25, -0.2) is 4.39 Å². The summed E-state index contributed by atoms with van der Waals surface area (Å²) in [5.74, 6) is -1.73. The van der Waals surface area contributed by atoms with Crippen molar-refractivity contribution in [2.45, 2.75) is 17.8 Å². The number of rotatable bonds is 9. The number of anilines is 1. The van der Waals surface area contributed by atoms with E-state index in [1.165, 1.54) is 42.1 Å². The number of nitrogens with one attached hydrogen (secondary N) is 2. The highest BCUT2D eigenvalue weighted by Crippen LogP contribution is 2.30. The van der Waals surface area contributed by atoms with Crippen LogP contribution in [0.25, 0.3) is 10.9 Å². The first-order valence-electron chi connectivity index (χ1n) is 11.1. The van der Waals surface area contributed by atoms with E-state index in [9.17, 15) is 27.2 Å². The number of carbonyl (C=O) groups is 2. The highest BCUT2D eigenvalue weighted by Gasteiger charge is 2.31. The summed E-state index contributed by atoms with van der Waals surface area (Å²) in [4.78, 5) is 25.5. The second-order valence-electron chi connectivity index (χ2n) is 7.85. The van der Waals surface area contributed by atoms with Crippen molar-refractivity contribution in [2.24, 2.45) is 0 Å². The predicted molar refractivity (Wildman–Crippen MR) is 133 cm³/mol. The molecule has 0 aliphatic carbocycles. The quantitative estimate of drug-likeness (QED) is 0.210. The molecule has 192 valence electrons. The van der Waals surface area contributed by atoms with Crippen LogP contribution in [0.15, 0.2) is 83.9 Å². The SMILES string of the molecule is O=C(CSc1cn(CCNC(=O)c2ccccc2F)c2ccccc12)Nc1ccc(OC(F)(F)F)cc1. The van der Waals surface area contributed by atoms with Gasteiger partial charge >= 0.3 is 6.36 Å². The van der Waals surface area contributed by atoms with Gasteiger partial charge in [0.15, 0.2) is 0 Å². The van der Waals surface area contributed by atoms with Gasteiger partial charge in [-0.05, 0) is 42.5 Å². The van der Waals surface area contributed by atoms with E-state index < -0.39 is 18.1 Å². The standard InChI is InChI=1S/C26H21F4N3O3S/c27-21-7-3-1-5-19(21)25(35)31-13-14-33-15-23(20-6-2-4-8-22(20)33)37-16-24(34)32-17-9-11-18(12-10-17)36-26(28,29)30/h1-12,15H,13-14,16H2,(H,31,35)(H,32,34). The number of alkyl halides is 3. The number of hydrogen-bond acceptors (Lipinski definition) is 4. The van der Waals surface area contributed by atoms with Crippen LogP contribution in [0.1, 0.15) is 10.4 Å². The van der Waals surface area contributed by atoms with Gasteiger partial charge in [0.2, 0.25) is 5.91 Å². The first-order valence-corrected chi connectivity index (χ1v) is 12.1. The van der Waals surface area contributed by atoms with E-state index in [0.29, 0.717) is 12.2 Å². The van der Waals surface area contributed by atoms with E-state index in [1.807, 2.05) is 35.0 Å². The van der Waals surface area contributed by atoms with Crippen molar-refractivity contribution in [3.05, 3.63) is 90.4 Å². The van der Waals surface area contributed by atoms with Gasteiger partial charge in [0.05, 0.1) is 11.3 Å². The number of halogens is 4. The predicted octanol–water partition coefficient (Wildman–Crippen LogP) is 5.84. The van der Waals surface area contributed by atoms with Crippen molar-refractivity contribution >= 4 is 40.2 Å². The summed E-state index contributed by atoms with van der Waals surface area (Å²) >= 11 is 1.30. The molecular formula is C26H21F4N3O3S. The van der Waals surface area contributed by atoms with Crippen molar-refractivity contribution < 1.29 is 31.9 Å². The lowest BCUT2D eigenvalue weighted by Crippen LogP contribution is -2.27. The van der Waals surface area contributed by atoms with E-state index in [2.05, 4.69) is 15.4 Å². The zero-order valence-electron chi connectivity index (χ0n) is 19.2. The topological polar surface area (TPSA) is 72.4 Å². The minimum atomic E-state index is -4.79. The Morgan fingerprint density at radius 3 is 2.38 bits per heavy atom. The molecule has 11 heteroatoms. The van der Waals surface area contributed by atoms with Crippen LogP contribution in [0.3, 0.4) is 0 Å². The van der Waals surface area contributed by atoms with Crippen molar-refractivity contribution in [1.82, 2.24) is 9.88 Å². The van der Waals surface area contributed by atoms with Crippen molar-refractivity contribution in [3.8, 4) is 5.75 Å². The first kappa shape index (κ1) is 26.1. The van der Waals surface area contributed by atoms with Crippen LogP contribution in [0.2, 0.25) is 0 Å². The van der Waals surface area contributed by atoms with Gasteiger partial charge in [-0.3, -0.25) is 9.59 Å². The molecule has 0 aliphatic rings. The Balaban J connectivity index is 1.35. The lowest BCUT2D eigenvalue weighted by atomic mass is 10.2. The lowest BCUT2D eigenvalue weighted by Gasteiger charge is -2.10. The average molecular weight is 532 g/mol. The molecule has 4 rings (SSSR count). The second-order valence-corrected chi connectivity index (χ2v) is 8.87. The summed E-state index contributed by atoms with van der Waals surface area (Å²) in [5, 5.41) is 6.28. The van der Waals surface area contributed by atoms with E-state index in [0.717, 1.165) is 27.9 Å². The van der Waals surface area contributed by atoms with Crippen LogP contribution in [0.4, 0.5) is 23.2 Å². The van der Waals surface area contributed by atoms with Gasteiger partial charge < -0.3 is 19.9 Å². The summed E-state index contributed by atoms with van der Waals surface area (Å²) in [6.45, 7) is 0.699. The Morgan fingerprint density at radius 1 is 0.946 bits per heavy atom. The van der Waals surface area contributed by atoms with Crippen LogP contribution < -0.4 is 15.4 Å². The van der Waals surface area contributed by atoms with E-state index in [4.69, 9.17) is 0 Å². The summed E-state index contributed by atoms with van der Waals surface area (Å²) in [6, 6.07) is 18.2. The lowest BCUT2D eigenvalue weighted by molar-refractivity contribution is -0.274. The number of aromatic nitrogens is 1. The smallest absolute Gasteiger partial charge is 0.406 e. The summed E-state index contributed by atoms with van der Waals surface area (Å²) in [6.07, 6.45) is -2.91. The molecule has 1 heterocycles. The maximum Gasteiger partial charge on any atom is 0.573 e. The number of nitrogens with zero attached hydrogens (tertiary/aromatic N) is 1. The fourth-order valence-corrected chi connectivity index (χ4v) is 4.51. The molecule has 2 amide bonds. The Labute approximate surface area is 213 Å². The number of para-hydroxylation sites is 1. The molecular weight excluding hydrogens is 510 g/mol. The number of fused-ring (bicyclic) bond motifs is 1. The molecule has 0 saturated carbocycles. The largest absolute Gasteiger partial charge is 0.573 e. The van der Waals surface area contributed by atoms with E-state index in [-0.39, 0.29) is 29.5 Å². The molecule has 1 aromatic heterocycles. The van der Waals surface area contributed by atoms with Crippen LogP contribution >= 0.6 is 11.8 Å². The Morgan fingerprint density at radius 2 is 1.65 bits per heavy atom. The van der Waals surface area contributed by atoms with Crippen molar-refractivity contribution in [3.63, 3.8) is 0 Å². The Kier molecular flexibility index (Phi) is 8.02. The van der Waals surface area contributed by atoms with E-state index >= 15 is 0 Å². The summed E-state index contributed by atoms with van der Waals surface area (Å²) < 4.78 is 56.4. The number of benzene rings is 3. The fraction of sp³-hybridized carbons (Fsp3) is 0.154.